The van der Waals surface area contributed by atoms with Crippen molar-refractivity contribution in [2.75, 3.05) is 0 Å². The zero-order chi connectivity index (χ0) is 15.3. The minimum Gasteiger partial charge on any atom is -0.422 e. The Balaban J connectivity index is 2.22. The molecule has 4 heteroatoms. The average Bonchev–Trinajstić information content (AvgIpc) is 2.90. The molecule has 0 unspecified atom stereocenters. The smallest absolute Gasteiger partial charge is 0.336 e. The van der Waals surface area contributed by atoms with Gasteiger partial charge in [0.05, 0.1) is 5.69 Å². The van der Waals surface area contributed by atoms with Gasteiger partial charge in [0, 0.05) is 22.4 Å². The van der Waals surface area contributed by atoms with Crippen molar-refractivity contribution in [3.63, 3.8) is 0 Å². The lowest BCUT2D eigenvalue weighted by molar-refractivity contribution is 0.448. The molecule has 2 aromatic heterocycles. The molecule has 0 fully saturated rings. The lowest BCUT2D eigenvalue weighted by Crippen LogP contribution is -1.99. The van der Waals surface area contributed by atoms with Gasteiger partial charge in [-0.15, -0.1) is 0 Å². The fourth-order valence-electron chi connectivity index (χ4n) is 2.85. The van der Waals surface area contributed by atoms with E-state index >= 15 is 0 Å². The van der Waals surface area contributed by atoms with Crippen molar-refractivity contribution in [3.8, 4) is 11.1 Å². The first-order valence-corrected chi connectivity index (χ1v) is 7.04. The number of aryl methyl sites for hydroxylation is 2. The molecule has 0 aliphatic rings. The molecular weight excluding hydrogens is 278 g/mol. The van der Waals surface area contributed by atoms with E-state index in [1.807, 2.05) is 50.2 Å². The molecule has 0 atom stereocenters. The molecule has 4 aromatic rings. The SMILES string of the molecule is Cc1noc2c(C)c3oc(=O)cc(-c4ccccc4)c3cc12. The fourth-order valence-corrected chi connectivity index (χ4v) is 2.85. The van der Waals surface area contributed by atoms with Gasteiger partial charge < -0.3 is 8.94 Å². The Labute approximate surface area is 126 Å². The summed E-state index contributed by atoms with van der Waals surface area (Å²) in [5.41, 5.74) is 4.30. The van der Waals surface area contributed by atoms with Gasteiger partial charge in [0.1, 0.15) is 5.58 Å². The van der Waals surface area contributed by atoms with Crippen molar-refractivity contribution in [3.05, 3.63) is 64.1 Å². The number of benzene rings is 2. The van der Waals surface area contributed by atoms with Crippen LogP contribution in [-0.4, -0.2) is 5.16 Å². The Morgan fingerprint density at radius 3 is 2.50 bits per heavy atom. The van der Waals surface area contributed by atoms with Gasteiger partial charge in [0.15, 0.2) is 5.58 Å². The predicted octanol–water partition coefficient (Wildman–Crippen LogP) is 4.22. The fraction of sp³-hybridized carbons (Fsp3) is 0.111. The van der Waals surface area contributed by atoms with Crippen LogP contribution >= 0.6 is 0 Å². The van der Waals surface area contributed by atoms with Crippen molar-refractivity contribution in [1.29, 1.82) is 0 Å². The topological polar surface area (TPSA) is 56.2 Å². The van der Waals surface area contributed by atoms with E-state index in [1.54, 1.807) is 0 Å². The molecule has 2 heterocycles. The van der Waals surface area contributed by atoms with Gasteiger partial charge in [0.2, 0.25) is 0 Å². The van der Waals surface area contributed by atoms with Gasteiger partial charge in [-0.25, -0.2) is 4.79 Å². The quantitative estimate of drug-likeness (QED) is 0.493. The minimum atomic E-state index is -0.370. The maximum absolute atomic E-state index is 12.0. The van der Waals surface area contributed by atoms with Crippen LogP contribution in [-0.2, 0) is 0 Å². The molecule has 0 N–H and O–H groups in total. The van der Waals surface area contributed by atoms with E-state index < -0.39 is 0 Å². The van der Waals surface area contributed by atoms with Crippen LogP contribution in [0.5, 0.6) is 0 Å². The molecule has 0 saturated heterocycles. The van der Waals surface area contributed by atoms with Crippen LogP contribution in [0.25, 0.3) is 33.1 Å². The maximum atomic E-state index is 12.0. The zero-order valence-electron chi connectivity index (χ0n) is 12.2. The average molecular weight is 291 g/mol. The maximum Gasteiger partial charge on any atom is 0.336 e. The minimum absolute atomic E-state index is 0.370. The van der Waals surface area contributed by atoms with Crippen LogP contribution in [0.15, 0.2) is 56.2 Å². The summed E-state index contributed by atoms with van der Waals surface area (Å²) >= 11 is 0. The van der Waals surface area contributed by atoms with E-state index in [0.717, 1.165) is 33.2 Å². The highest BCUT2D eigenvalue weighted by molar-refractivity contribution is 6.03. The van der Waals surface area contributed by atoms with Gasteiger partial charge in [-0.3, -0.25) is 0 Å². The van der Waals surface area contributed by atoms with Gasteiger partial charge in [-0.2, -0.15) is 0 Å². The van der Waals surface area contributed by atoms with E-state index in [0.29, 0.717) is 11.2 Å². The normalized spacial score (nSPS) is 11.4. The number of nitrogens with zero attached hydrogens (tertiary/aromatic N) is 1. The lowest BCUT2D eigenvalue weighted by Gasteiger charge is -2.07. The van der Waals surface area contributed by atoms with Crippen molar-refractivity contribution in [2.24, 2.45) is 0 Å². The third kappa shape index (κ3) is 1.77. The summed E-state index contributed by atoms with van der Waals surface area (Å²) in [7, 11) is 0. The second kappa shape index (κ2) is 4.56. The van der Waals surface area contributed by atoms with Crippen LogP contribution in [0.1, 0.15) is 11.3 Å². The first-order chi connectivity index (χ1) is 10.6. The second-order valence-corrected chi connectivity index (χ2v) is 5.37. The Bertz CT molecular complexity index is 1060. The highest BCUT2D eigenvalue weighted by Crippen LogP contribution is 2.34. The third-order valence-electron chi connectivity index (χ3n) is 3.96. The molecule has 0 aliphatic carbocycles. The van der Waals surface area contributed by atoms with Crippen molar-refractivity contribution in [1.82, 2.24) is 5.16 Å². The van der Waals surface area contributed by atoms with Crippen molar-refractivity contribution >= 4 is 21.9 Å². The first-order valence-electron chi connectivity index (χ1n) is 7.04. The molecule has 0 bridgehead atoms. The summed E-state index contributed by atoms with van der Waals surface area (Å²) in [5, 5.41) is 5.84. The summed E-state index contributed by atoms with van der Waals surface area (Å²) in [4.78, 5) is 12.0. The van der Waals surface area contributed by atoms with Gasteiger partial charge in [-0.1, -0.05) is 35.5 Å². The van der Waals surface area contributed by atoms with E-state index in [4.69, 9.17) is 8.94 Å². The van der Waals surface area contributed by atoms with E-state index in [2.05, 4.69) is 5.16 Å². The van der Waals surface area contributed by atoms with Crippen LogP contribution in [0, 0.1) is 13.8 Å². The van der Waals surface area contributed by atoms with Gasteiger partial charge in [-0.05, 0) is 31.0 Å². The zero-order valence-corrected chi connectivity index (χ0v) is 12.2. The van der Waals surface area contributed by atoms with Crippen LogP contribution in [0.4, 0.5) is 0 Å². The number of hydrogen-bond acceptors (Lipinski definition) is 4. The van der Waals surface area contributed by atoms with E-state index in [9.17, 15) is 4.79 Å². The molecule has 2 aromatic carbocycles. The Hall–Kier alpha value is -2.88. The molecule has 0 saturated carbocycles. The molecule has 108 valence electrons. The van der Waals surface area contributed by atoms with Gasteiger partial charge in [0.25, 0.3) is 0 Å². The number of fused-ring (bicyclic) bond motifs is 2. The Morgan fingerprint density at radius 2 is 1.73 bits per heavy atom. The summed E-state index contributed by atoms with van der Waals surface area (Å²) in [5.74, 6) is 0. The summed E-state index contributed by atoms with van der Waals surface area (Å²) in [6.45, 7) is 3.78. The lowest BCUT2D eigenvalue weighted by atomic mass is 9.98. The van der Waals surface area contributed by atoms with Crippen LogP contribution in [0.3, 0.4) is 0 Å². The summed E-state index contributed by atoms with van der Waals surface area (Å²) < 4.78 is 10.8. The van der Waals surface area contributed by atoms with E-state index in [1.165, 1.54) is 6.07 Å². The highest BCUT2D eigenvalue weighted by Gasteiger charge is 2.16. The molecule has 4 nitrogen and oxygen atoms in total. The molecule has 0 aliphatic heterocycles. The van der Waals surface area contributed by atoms with Crippen LogP contribution in [0.2, 0.25) is 0 Å². The van der Waals surface area contributed by atoms with Gasteiger partial charge >= 0.3 is 5.63 Å². The standard InChI is InChI=1S/C18H13NO3/c1-10-17-15(8-13-11(2)19-22-18(10)13)14(9-16(20)21-17)12-6-4-3-5-7-12/h3-9H,1-2H3. The Kier molecular flexibility index (Phi) is 2.66. The van der Waals surface area contributed by atoms with Crippen LogP contribution < -0.4 is 5.63 Å². The molecular formula is C18H13NO3. The third-order valence-corrected chi connectivity index (χ3v) is 3.96. The molecule has 0 radical (unpaired) electrons. The largest absolute Gasteiger partial charge is 0.422 e. The first kappa shape index (κ1) is 12.8. The van der Waals surface area contributed by atoms with E-state index in [-0.39, 0.29) is 5.63 Å². The monoisotopic (exact) mass is 291 g/mol. The molecule has 22 heavy (non-hydrogen) atoms. The predicted molar refractivity (Wildman–Crippen MR) is 85.0 cm³/mol. The Morgan fingerprint density at radius 1 is 0.955 bits per heavy atom. The van der Waals surface area contributed by atoms with Crippen molar-refractivity contribution < 1.29 is 8.94 Å². The molecule has 0 amide bonds. The molecule has 4 rings (SSSR count). The summed E-state index contributed by atoms with van der Waals surface area (Å²) in [6, 6.07) is 13.3. The van der Waals surface area contributed by atoms with Crippen molar-refractivity contribution in [2.45, 2.75) is 13.8 Å². The number of hydrogen-bond donors (Lipinski definition) is 0. The second-order valence-electron chi connectivity index (χ2n) is 5.37. The number of rotatable bonds is 1. The summed E-state index contributed by atoms with van der Waals surface area (Å²) in [6.07, 6.45) is 0. The molecule has 0 spiro atoms. The highest BCUT2D eigenvalue weighted by atomic mass is 16.5. The number of aromatic nitrogens is 1.